The lowest BCUT2D eigenvalue weighted by atomic mass is 10.1. The van der Waals surface area contributed by atoms with Crippen molar-refractivity contribution in [1.29, 1.82) is 0 Å². The van der Waals surface area contributed by atoms with Gasteiger partial charge in [-0.3, -0.25) is 14.4 Å². The Morgan fingerprint density at radius 3 is 2.44 bits per heavy atom. The predicted molar refractivity (Wildman–Crippen MR) is 103 cm³/mol. The van der Waals surface area contributed by atoms with Gasteiger partial charge in [-0.25, -0.2) is 0 Å². The number of nitrogens with one attached hydrogen (secondary N) is 2. The van der Waals surface area contributed by atoms with E-state index in [0.29, 0.717) is 24.3 Å². The number of carbonyl (C=O) groups excluding carboxylic acids is 3. The van der Waals surface area contributed by atoms with Gasteiger partial charge in [0.05, 0.1) is 5.92 Å². The summed E-state index contributed by atoms with van der Waals surface area (Å²) in [5.41, 5.74) is 2.32. The summed E-state index contributed by atoms with van der Waals surface area (Å²) in [4.78, 5) is 38.0. The van der Waals surface area contributed by atoms with Crippen LogP contribution in [0.3, 0.4) is 0 Å². The molecule has 2 aromatic rings. The van der Waals surface area contributed by atoms with Gasteiger partial charge in [-0.2, -0.15) is 0 Å². The van der Waals surface area contributed by atoms with Crippen LogP contribution in [0.5, 0.6) is 0 Å². The Morgan fingerprint density at radius 2 is 1.78 bits per heavy atom. The molecular formula is C21H23N3O3. The number of anilines is 1. The normalized spacial score (nSPS) is 16.3. The topological polar surface area (TPSA) is 78.5 Å². The molecule has 0 spiro atoms. The second-order valence-electron chi connectivity index (χ2n) is 6.62. The average Bonchev–Trinajstić information content (AvgIpc) is 3.08. The third-order valence-electron chi connectivity index (χ3n) is 4.74. The predicted octanol–water partition coefficient (Wildman–Crippen LogP) is 2.08. The molecule has 1 aliphatic rings. The summed E-state index contributed by atoms with van der Waals surface area (Å²) in [5, 5.41) is 5.38. The molecule has 0 unspecified atom stereocenters. The Hall–Kier alpha value is -3.15. The number of nitrogens with zero attached hydrogens (tertiary/aromatic N) is 1. The van der Waals surface area contributed by atoms with Crippen LogP contribution in [0.4, 0.5) is 5.69 Å². The van der Waals surface area contributed by atoms with Crippen LogP contribution in [0.25, 0.3) is 0 Å². The Labute approximate surface area is 158 Å². The third kappa shape index (κ3) is 4.73. The minimum atomic E-state index is -0.355. The van der Waals surface area contributed by atoms with Crippen LogP contribution < -0.4 is 10.6 Å². The lowest BCUT2D eigenvalue weighted by Crippen LogP contribution is -2.30. The highest BCUT2D eigenvalue weighted by Crippen LogP contribution is 2.20. The van der Waals surface area contributed by atoms with Gasteiger partial charge in [-0.05, 0) is 36.2 Å². The van der Waals surface area contributed by atoms with Crippen LogP contribution in [0, 0.1) is 5.92 Å². The van der Waals surface area contributed by atoms with Gasteiger partial charge in [0.1, 0.15) is 0 Å². The van der Waals surface area contributed by atoms with E-state index in [4.69, 9.17) is 0 Å². The van der Waals surface area contributed by atoms with E-state index in [-0.39, 0.29) is 30.1 Å². The first-order chi connectivity index (χ1) is 13.1. The number of hydrogen-bond acceptors (Lipinski definition) is 3. The molecule has 1 aliphatic heterocycles. The molecule has 6 nitrogen and oxygen atoms in total. The summed E-state index contributed by atoms with van der Waals surface area (Å²) in [6.07, 6.45) is 1.01. The first kappa shape index (κ1) is 18.6. The Balaban J connectivity index is 1.53. The molecule has 2 aromatic carbocycles. The van der Waals surface area contributed by atoms with E-state index in [1.165, 1.54) is 5.56 Å². The van der Waals surface area contributed by atoms with E-state index < -0.39 is 0 Å². The van der Waals surface area contributed by atoms with Crippen molar-refractivity contribution in [3.8, 4) is 0 Å². The van der Waals surface area contributed by atoms with Crippen LogP contribution in [-0.4, -0.2) is 42.8 Å². The fourth-order valence-corrected chi connectivity index (χ4v) is 3.17. The van der Waals surface area contributed by atoms with E-state index >= 15 is 0 Å². The second-order valence-corrected chi connectivity index (χ2v) is 6.62. The number of hydrogen-bond donors (Lipinski definition) is 2. The number of rotatable bonds is 6. The fourth-order valence-electron chi connectivity index (χ4n) is 3.17. The zero-order chi connectivity index (χ0) is 19.2. The van der Waals surface area contributed by atoms with E-state index in [1.807, 2.05) is 30.3 Å². The number of carbonyl (C=O) groups is 3. The van der Waals surface area contributed by atoms with Gasteiger partial charge in [0.15, 0.2) is 0 Å². The number of likely N-dealkylation sites (tertiary alicyclic amines) is 1. The maximum absolute atomic E-state index is 12.5. The molecular weight excluding hydrogens is 342 g/mol. The Bertz CT molecular complexity index is 818. The van der Waals surface area contributed by atoms with Crippen LogP contribution in [0.2, 0.25) is 0 Å². The van der Waals surface area contributed by atoms with Crippen LogP contribution >= 0.6 is 0 Å². The molecule has 0 bridgehead atoms. The molecule has 0 radical (unpaired) electrons. The van der Waals surface area contributed by atoms with Crippen molar-refractivity contribution >= 4 is 23.4 Å². The summed E-state index contributed by atoms with van der Waals surface area (Å²) in [7, 11) is 1.57. The van der Waals surface area contributed by atoms with E-state index in [1.54, 1.807) is 36.2 Å². The van der Waals surface area contributed by atoms with Crippen LogP contribution in [0.1, 0.15) is 22.3 Å². The standard InChI is InChI=1S/C21H23N3O3/c1-22-20(26)16-7-9-18(10-8-16)23-21(27)17-13-19(25)24(14-17)12-11-15-5-3-2-4-6-15/h2-10,17H,11-14H2,1H3,(H,22,26)(H,23,27)/t17-/m0/s1. The largest absolute Gasteiger partial charge is 0.355 e. The molecule has 140 valence electrons. The quantitative estimate of drug-likeness (QED) is 0.823. The Kier molecular flexibility index (Phi) is 5.86. The maximum Gasteiger partial charge on any atom is 0.251 e. The van der Waals surface area contributed by atoms with Gasteiger partial charge < -0.3 is 15.5 Å². The molecule has 1 fully saturated rings. The van der Waals surface area contributed by atoms with Crippen molar-refractivity contribution in [2.45, 2.75) is 12.8 Å². The van der Waals surface area contributed by atoms with Crippen molar-refractivity contribution in [3.05, 3.63) is 65.7 Å². The van der Waals surface area contributed by atoms with Crippen molar-refractivity contribution in [2.24, 2.45) is 5.92 Å². The summed E-state index contributed by atoms with van der Waals surface area (Å²) in [6.45, 7) is 1.06. The molecule has 1 heterocycles. The first-order valence-electron chi connectivity index (χ1n) is 9.01. The van der Waals surface area contributed by atoms with Gasteiger partial charge >= 0.3 is 0 Å². The van der Waals surface area contributed by atoms with Crippen LogP contribution in [-0.2, 0) is 16.0 Å². The summed E-state index contributed by atoms with van der Waals surface area (Å²) < 4.78 is 0. The number of benzene rings is 2. The van der Waals surface area contributed by atoms with Crippen molar-refractivity contribution in [2.75, 3.05) is 25.5 Å². The smallest absolute Gasteiger partial charge is 0.251 e. The molecule has 6 heteroatoms. The van der Waals surface area contributed by atoms with Gasteiger partial charge in [0.25, 0.3) is 5.91 Å². The highest BCUT2D eigenvalue weighted by atomic mass is 16.2. The highest BCUT2D eigenvalue weighted by molar-refractivity contribution is 5.98. The average molecular weight is 365 g/mol. The molecule has 1 atom stereocenters. The van der Waals surface area contributed by atoms with Crippen molar-refractivity contribution in [1.82, 2.24) is 10.2 Å². The monoisotopic (exact) mass is 365 g/mol. The first-order valence-corrected chi connectivity index (χ1v) is 9.01. The molecule has 3 rings (SSSR count). The van der Waals surface area contributed by atoms with Gasteiger partial charge in [0, 0.05) is 37.8 Å². The second kappa shape index (κ2) is 8.49. The minimum absolute atomic E-state index is 0.0149. The van der Waals surface area contributed by atoms with Gasteiger partial charge in [-0.15, -0.1) is 0 Å². The molecule has 0 saturated carbocycles. The lowest BCUT2D eigenvalue weighted by molar-refractivity contribution is -0.128. The van der Waals surface area contributed by atoms with Gasteiger partial charge in [-0.1, -0.05) is 30.3 Å². The molecule has 27 heavy (non-hydrogen) atoms. The van der Waals surface area contributed by atoms with Gasteiger partial charge in [0.2, 0.25) is 11.8 Å². The zero-order valence-electron chi connectivity index (χ0n) is 15.3. The zero-order valence-corrected chi connectivity index (χ0v) is 15.3. The van der Waals surface area contributed by atoms with Crippen molar-refractivity contribution in [3.63, 3.8) is 0 Å². The summed E-state index contributed by atoms with van der Waals surface area (Å²) >= 11 is 0. The van der Waals surface area contributed by atoms with E-state index in [0.717, 1.165) is 6.42 Å². The SMILES string of the molecule is CNC(=O)c1ccc(NC(=O)[C@H]2CC(=O)N(CCc3ccccc3)C2)cc1. The third-order valence-corrected chi connectivity index (χ3v) is 4.74. The van der Waals surface area contributed by atoms with Crippen molar-refractivity contribution < 1.29 is 14.4 Å². The highest BCUT2D eigenvalue weighted by Gasteiger charge is 2.34. The Morgan fingerprint density at radius 1 is 1.07 bits per heavy atom. The van der Waals surface area contributed by atoms with E-state index in [9.17, 15) is 14.4 Å². The lowest BCUT2D eigenvalue weighted by Gasteiger charge is -2.16. The summed E-state index contributed by atoms with van der Waals surface area (Å²) in [5.74, 6) is -0.686. The maximum atomic E-state index is 12.5. The molecule has 3 amide bonds. The molecule has 0 aliphatic carbocycles. The molecule has 1 saturated heterocycles. The molecule has 2 N–H and O–H groups in total. The molecule has 0 aromatic heterocycles. The fraction of sp³-hybridized carbons (Fsp3) is 0.286. The minimum Gasteiger partial charge on any atom is -0.355 e. The number of amides is 3. The van der Waals surface area contributed by atoms with Crippen LogP contribution in [0.15, 0.2) is 54.6 Å². The summed E-state index contributed by atoms with van der Waals surface area (Å²) in [6, 6.07) is 16.7. The van der Waals surface area contributed by atoms with E-state index in [2.05, 4.69) is 10.6 Å².